The van der Waals surface area contributed by atoms with Gasteiger partial charge in [0.2, 0.25) is 0 Å². The number of hydrogen-bond donors (Lipinski definition) is 1. The zero-order valence-corrected chi connectivity index (χ0v) is 14.9. The molecule has 1 unspecified atom stereocenters. The first kappa shape index (κ1) is 15.8. The molecule has 1 saturated heterocycles. The summed E-state index contributed by atoms with van der Waals surface area (Å²) in [6.45, 7) is 2.72. The Labute approximate surface area is 153 Å². The third-order valence-corrected chi connectivity index (χ3v) is 5.97. The van der Waals surface area contributed by atoms with Crippen molar-refractivity contribution in [2.24, 2.45) is 5.92 Å². The Hall–Kier alpha value is -2.46. The van der Waals surface area contributed by atoms with Gasteiger partial charge in [-0.15, -0.1) is 0 Å². The monoisotopic (exact) mass is 345 g/mol. The number of ketones is 1. The highest BCUT2D eigenvalue weighted by atomic mass is 16.1. The molecule has 0 radical (unpaired) electrons. The number of nitrogens with one attached hydrogen (secondary N) is 1. The van der Waals surface area contributed by atoms with Crippen LogP contribution in [-0.2, 0) is 19.4 Å². The second-order valence-electron chi connectivity index (χ2n) is 7.63. The molecule has 26 heavy (non-hydrogen) atoms. The molecule has 2 aliphatic rings. The van der Waals surface area contributed by atoms with Crippen molar-refractivity contribution in [2.45, 2.75) is 32.2 Å². The van der Waals surface area contributed by atoms with Crippen LogP contribution in [0.2, 0.25) is 0 Å². The normalized spacial score (nSPS) is 19.9. The fourth-order valence-electron chi connectivity index (χ4n) is 4.71. The minimum Gasteiger partial charge on any atom is -0.297 e. The van der Waals surface area contributed by atoms with Crippen molar-refractivity contribution in [1.82, 2.24) is 15.1 Å². The number of carbonyl (C=O) groups excluding carboxylic acids is 1. The maximum Gasteiger partial charge on any atom is 0.167 e. The van der Waals surface area contributed by atoms with E-state index in [0.29, 0.717) is 5.78 Å². The smallest absolute Gasteiger partial charge is 0.167 e. The van der Waals surface area contributed by atoms with Gasteiger partial charge in [0.25, 0.3) is 0 Å². The quantitative estimate of drug-likeness (QED) is 0.733. The van der Waals surface area contributed by atoms with Gasteiger partial charge in [-0.05, 0) is 60.2 Å². The van der Waals surface area contributed by atoms with E-state index >= 15 is 0 Å². The topological polar surface area (TPSA) is 49.0 Å². The van der Waals surface area contributed by atoms with Gasteiger partial charge in [0, 0.05) is 36.5 Å². The van der Waals surface area contributed by atoms with Gasteiger partial charge in [-0.1, -0.05) is 30.3 Å². The van der Waals surface area contributed by atoms with Crippen LogP contribution in [0.1, 0.15) is 40.0 Å². The number of aromatic amines is 1. The number of benzene rings is 2. The molecule has 4 heteroatoms. The van der Waals surface area contributed by atoms with Crippen LogP contribution >= 0.6 is 0 Å². The third-order valence-electron chi connectivity index (χ3n) is 5.97. The summed E-state index contributed by atoms with van der Waals surface area (Å²) >= 11 is 0. The maximum atomic E-state index is 13.4. The molecule has 0 spiro atoms. The first-order valence-corrected chi connectivity index (χ1v) is 9.58. The molecule has 4 nitrogen and oxygen atoms in total. The molecule has 2 heterocycles. The zero-order chi connectivity index (χ0) is 17.5. The maximum absolute atomic E-state index is 13.4. The number of piperidine rings is 1. The molecule has 0 saturated carbocycles. The van der Waals surface area contributed by atoms with Crippen LogP contribution in [0.4, 0.5) is 0 Å². The molecule has 5 rings (SSSR count). The summed E-state index contributed by atoms with van der Waals surface area (Å²) in [5, 5.41) is 9.55. The second kappa shape index (κ2) is 6.36. The van der Waals surface area contributed by atoms with Crippen molar-refractivity contribution < 1.29 is 4.79 Å². The van der Waals surface area contributed by atoms with Crippen molar-refractivity contribution in [1.29, 1.82) is 0 Å². The van der Waals surface area contributed by atoms with E-state index in [4.69, 9.17) is 0 Å². The Morgan fingerprint density at radius 1 is 1.15 bits per heavy atom. The highest BCUT2D eigenvalue weighted by molar-refractivity contribution is 6.11. The van der Waals surface area contributed by atoms with Crippen LogP contribution in [0.3, 0.4) is 0 Å². The van der Waals surface area contributed by atoms with Crippen LogP contribution < -0.4 is 0 Å². The van der Waals surface area contributed by atoms with Crippen LogP contribution in [0.5, 0.6) is 0 Å². The van der Waals surface area contributed by atoms with Gasteiger partial charge in [0.15, 0.2) is 5.78 Å². The lowest BCUT2D eigenvalue weighted by Crippen LogP contribution is -2.38. The largest absolute Gasteiger partial charge is 0.297 e. The highest BCUT2D eigenvalue weighted by Gasteiger charge is 2.28. The fraction of sp³-hybridized carbons (Fsp3) is 0.364. The predicted octanol–water partition coefficient (Wildman–Crippen LogP) is 3.76. The van der Waals surface area contributed by atoms with Gasteiger partial charge in [-0.3, -0.25) is 14.8 Å². The number of hydrogen-bond acceptors (Lipinski definition) is 3. The molecule has 3 aromatic rings. The second-order valence-corrected chi connectivity index (χ2v) is 7.63. The summed E-state index contributed by atoms with van der Waals surface area (Å²) < 4.78 is 0. The molecule has 132 valence electrons. The Balaban J connectivity index is 1.42. The van der Waals surface area contributed by atoms with Crippen molar-refractivity contribution >= 4 is 16.6 Å². The standard InChI is InChI=1S/C22H23N3O/c26-22(17-4-2-12-25(13-17)14-18-10-11-23-24-18)20-9-8-16-7-6-15-3-1-5-19(20)21(15)16/h1,3,5,8-11,17H,2,4,6-7,12-14H2,(H,23,24). The van der Waals surface area contributed by atoms with Crippen LogP contribution in [0, 0.1) is 5.92 Å². The Morgan fingerprint density at radius 2 is 2.04 bits per heavy atom. The fourth-order valence-corrected chi connectivity index (χ4v) is 4.71. The minimum absolute atomic E-state index is 0.0881. The zero-order valence-electron chi connectivity index (χ0n) is 14.9. The molecule has 0 bridgehead atoms. The molecule has 2 aromatic carbocycles. The van der Waals surface area contributed by atoms with Gasteiger partial charge in [0.05, 0.1) is 0 Å². The molecular weight excluding hydrogens is 322 g/mol. The molecule has 1 N–H and O–H groups in total. The van der Waals surface area contributed by atoms with Crippen molar-refractivity contribution in [2.75, 3.05) is 13.1 Å². The number of Topliss-reactive ketones (excluding diaryl/α,β-unsaturated/α-hetero) is 1. The molecule has 0 amide bonds. The molecule has 1 aromatic heterocycles. The SMILES string of the molecule is O=C(c1ccc2c3c(cccc13)CC2)C1CCCN(Cc2ccn[nH]2)C1. The van der Waals surface area contributed by atoms with E-state index in [1.165, 1.54) is 16.5 Å². The molecule has 1 aliphatic carbocycles. The Kier molecular flexibility index (Phi) is 3.86. The Morgan fingerprint density at radius 3 is 2.88 bits per heavy atom. The van der Waals surface area contributed by atoms with E-state index in [0.717, 1.165) is 62.0 Å². The number of rotatable bonds is 4. The lowest BCUT2D eigenvalue weighted by molar-refractivity contribution is 0.0812. The van der Waals surface area contributed by atoms with Gasteiger partial charge in [-0.2, -0.15) is 5.10 Å². The van der Waals surface area contributed by atoms with Gasteiger partial charge < -0.3 is 0 Å². The van der Waals surface area contributed by atoms with E-state index in [-0.39, 0.29) is 5.92 Å². The van der Waals surface area contributed by atoms with Gasteiger partial charge in [0.1, 0.15) is 0 Å². The minimum atomic E-state index is 0.0881. The van der Waals surface area contributed by atoms with Gasteiger partial charge >= 0.3 is 0 Å². The third kappa shape index (κ3) is 2.65. The van der Waals surface area contributed by atoms with Crippen molar-refractivity contribution in [3.63, 3.8) is 0 Å². The predicted molar refractivity (Wildman–Crippen MR) is 102 cm³/mol. The lowest BCUT2D eigenvalue weighted by Gasteiger charge is -2.31. The number of aryl methyl sites for hydroxylation is 2. The van der Waals surface area contributed by atoms with E-state index in [2.05, 4.69) is 45.4 Å². The lowest BCUT2D eigenvalue weighted by atomic mass is 9.87. The van der Waals surface area contributed by atoms with E-state index in [9.17, 15) is 4.79 Å². The summed E-state index contributed by atoms with van der Waals surface area (Å²) in [4.78, 5) is 15.7. The number of likely N-dealkylation sites (tertiary alicyclic amines) is 1. The first-order valence-electron chi connectivity index (χ1n) is 9.58. The van der Waals surface area contributed by atoms with E-state index in [1.54, 1.807) is 6.20 Å². The summed E-state index contributed by atoms with van der Waals surface area (Å²) in [6.07, 6.45) is 6.05. The van der Waals surface area contributed by atoms with Crippen LogP contribution in [-0.4, -0.2) is 34.0 Å². The number of carbonyl (C=O) groups is 1. The van der Waals surface area contributed by atoms with Crippen molar-refractivity contribution in [3.05, 3.63) is 65.0 Å². The summed E-state index contributed by atoms with van der Waals surface area (Å²) in [5.41, 5.74) is 4.83. The Bertz CT molecular complexity index is 951. The number of aromatic nitrogens is 2. The summed E-state index contributed by atoms with van der Waals surface area (Å²) in [5.74, 6) is 0.403. The number of H-pyrrole nitrogens is 1. The summed E-state index contributed by atoms with van der Waals surface area (Å²) in [6, 6.07) is 12.7. The average molecular weight is 345 g/mol. The highest BCUT2D eigenvalue weighted by Crippen LogP contribution is 2.34. The van der Waals surface area contributed by atoms with Gasteiger partial charge in [-0.25, -0.2) is 0 Å². The van der Waals surface area contributed by atoms with E-state index in [1.807, 2.05) is 6.07 Å². The van der Waals surface area contributed by atoms with Crippen LogP contribution in [0.25, 0.3) is 10.8 Å². The molecular formula is C22H23N3O. The van der Waals surface area contributed by atoms with Crippen LogP contribution in [0.15, 0.2) is 42.6 Å². The molecule has 1 aliphatic heterocycles. The summed E-state index contributed by atoms with van der Waals surface area (Å²) in [7, 11) is 0. The average Bonchev–Trinajstić information content (AvgIpc) is 3.33. The van der Waals surface area contributed by atoms with Crippen molar-refractivity contribution in [3.8, 4) is 0 Å². The van der Waals surface area contributed by atoms with E-state index < -0.39 is 0 Å². The first-order chi connectivity index (χ1) is 12.8. The number of nitrogens with zero attached hydrogens (tertiary/aromatic N) is 2. The molecule has 1 fully saturated rings. The molecule has 1 atom stereocenters.